The van der Waals surface area contributed by atoms with Gasteiger partial charge >= 0.3 is 0 Å². The van der Waals surface area contributed by atoms with E-state index >= 15 is 0 Å². The van der Waals surface area contributed by atoms with E-state index in [1.165, 1.54) is 85.6 Å². The second-order valence-electron chi connectivity index (χ2n) is 8.98. The lowest BCUT2D eigenvalue weighted by Crippen LogP contribution is -2.50. The molecule has 1 fully saturated rings. The van der Waals surface area contributed by atoms with Gasteiger partial charge in [0.2, 0.25) is 0 Å². The zero-order chi connectivity index (χ0) is 20.4. The molecular formula is C27H40NO+. The van der Waals surface area contributed by atoms with E-state index in [0.717, 1.165) is 25.4 Å². The van der Waals surface area contributed by atoms with Crippen molar-refractivity contribution in [3.8, 4) is 5.75 Å². The van der Waals surface area contributed by atoms with Gasteiger partial charge in [-0.05, 0) is 62.6 Å². The average Bonchev–Trinajstić information content (AvgIpc) is 2.97. The van der Waals surface area contributed by atoms with E-state index in [4.69, 9.17) is 4.74 Å². The summed E-state index contributed by atoms with van der Waals surface area (Å²) in [4.78, 5) is 0. The van der Waals surface area contributed by atoms with Gasteiger partial charge in [0.05, 0.1) is 13.1 Å². The van der Waals surface area contributed by atoms with E-state index < -0.39 is 0 Å². The molecule has 0 N–H and O–H groups in total. The van der Waals surface area contributed by atoms with Crippen molar-refractivity contribution in [2.75, 3.05) is 26.2 Å². The smallest absolute Gasteiger partial charge is 0.137 e. The lowest BCUT2D eigenvalue weighted by Gasteiger charge is -2.38. The number of nitrogens with zero attached hydrogens (tertiary/aromatic N) is 1. The van der Waals surface area contributed by atoms with Crippen LogP contribution in [0.5, 0.6) is 5.75 Å². The molecule has 0 radical (unpaired) electrons. The predicted octanol–water partition coefficient (Wildman–Crippen LogP) is 6.70. The minimum Gasteiger partial charge on any atom is -0.487 e. The Morgan fingerprint density at radius 3 is 2.34 bits per heavy atom. The number of quaternary nitrogens is 1. The zero-order valence-corrected chi connectivity index (χ0v) is 18.7. The molecule has 2 aromatic carbocycles. The summed E-state index contributed by atoms with van der Waals surface area (Å²) in [5.41, 5.74) is 4.14. The number of benzene rings is 2. The summed E-state index contributed by atoms with van der Waals surface area (Å²) in [6.07, 6.45) is 10.5. The van der Waals surface area contributed by atoms with Gasteiger partial charge in [0.25, 0.3) is 0 Å². The monoisotopic (exact) mass is 394 g/mol. The van der Waals surface area contributed by atoms with Crippen LogP contribution in [0.1, 0.15) is 68.6 Å². The molecule has 1 saturated heterocycles. The van der Waals surface area contributed by atoms with Crippen molar-refractivity contribution in [1.82, 2.24) is 0 Å². The number of hydrogen-bond acceptors (Lipinski definition) is 1. The highest BCUT2D eigenvalue weighted by molar-refractivity contribution is 5.36. The maximum atomic E-state index is 6.37. The van der Waals surface area contributed by atoms with E-state index in [1.54, 1.807) is 0 Å². The van der Waals surface area contributed by atoms with Crippen LogP contribution in [0.2, 0.25) is 0 Å². The Hall–Kier alpha value is -1.80. The third-order valence-electron chi connectivity index (χ3n) is 6.52. The summed E-state index contributed by atoms with van der Waals surface area (Å²) >= 11 is 0. The van der Waals surface area contributed by atoms with E-state index in [0.29, 0.717) is 0 Å². The van der Waals surface area contributed by atoms with Gasteiger partial charge in [-0.1, -0.05) is 62.2 Å². The molecule has 2 heteroatoms. The van der Waals surface area contributed by atoms with Crippen LogP contribution in [0.3, 0.4) is 0 Å². The standard InChI is InChI=1S/C27H40NO/c1-3-4-8-13-25-17-16-24(2)27(22-25)29-21-20-28(18-11-5-6-12-19-28)23-26-14-9-7-10-15-26/h7,9-10,14-17,22H,3-6,8,11-13,18-21,23H2,1-2H3/q+1. The second-order valence-corrected chi connectivity index (χ2v) is 8.98. The average molecular weight is 395 g/mol. The minimum absolute atomic E-state index is 0.812. The van der Waals surface area contributed by atoms with Crippen molar-refractivity contribution in [2.24, 2.45) is 0 Å². The highest BCUT2D eigenvalue weighted by Gasteiger charge is 2.29. The molecule has 0 amide bonds. The molecule has 0 bridgehead atoms. The molecule has 2 nitrogen and oxygen atoms in total. The summed E-state index contributed by atoms with van der Waals surface area (Å²) in [6.45, 7) is 10.1. The minimum atomic E-state index is 0.812. The molecule has 0 atom stereocenters. The molecule has 1 aliphatic heterocycles. The molecule has 3 rings (SSSR count). The summed E-state index contributed by atoms with van der Waals surface area (Å²) in [5.74, 6) is 1.09. The Bertz CT molecular complexity index is 717. The normalized spacial score (nSPS) is 16.3. The first-order chi connectivity index (χ1) is 14.2. The molecule has 29 heavy (non-hydrogen) atoms. The molecule has 0 unspecified atom stereocenters. The van der Waals surface area contributed by atoms with E-state index in [-0.39, 0.29) is 0 Å². The van der Waals surface area contributed by atoms with Crippen LogP contribution in [0.4, 0.5) is 0 Å². The van der Waals surface area contributed by atoms with Crippen molar-refractivity contribution in [1.29, 1.82) is 0 Å². The Morgan fingerprint density at radius 1 is 0.862 bits per heavy atom. The molecule has 2 aromatic rings. The zero-order valence-electron chi connectivity index (χ0n) is 18.7. The Morgan fingerprint density at radius 2 is 1.62 bits per heavy atom. The fourth-order valence-electron chi connectivity index (χ4n) is 4.68. The molecule has 1 aliphatic rings. The van der Waals surface area contributed by atoms with Gasteiger partial charge in [-0.15, -0.1) is 0 Å². The Labute approximate surface area is 178 Å². The molecule has 0 aromatic heterocycles. The first-order valence-electron chi connectivity index (χ1n) is 11.8. The number of rotatable bonds is 10. The van der Waals surface area contributed by atoms with E-state index in [2.05, 4.69) is 62.4 Å². The van der Waals surface area contributed by atoms with Crippen molar-refractivity contribution in [2.45, 2.75) is 71.8 Å². The fraction of sp³-hybridized carbons (Fsp3) is 0.556. The highest BCUT2D eigenvalue weighted by Crippen LogP contribution is 2.24. The van der Waals surface area contributed by atoms with E-state index in [1.807, 2.05) is 0 Å². The molecular weight excluding hydrogens is 354 g/mol. The summed E-state index contributed by atoms with van der Waals surface area (Å²) in [5, 5.41) is 0. The van der Waals surface area contributed by atoms with Crippen molar-refractivity contribution < 1.29 is 9.22 Å². The van der Waals surface area contributed by atoms with Crippen LogP contribution >= 0.6 is 0 Å². The van der Waals surface area contributed by atoms with Crippen LogP contribution < -0.4 is 4.74 Å². The van der Waals surface area contributed by atoms with Gasteiger partial charge in [-0.2, -0.15) is 0 Å². The van der Waals surface area contributed by atoms with Crippen molar-refractivity contribution in [3.63, 3.8) is 0 Å². The van der Waals surface area contributed by atoms with Gasteiger partial charge in [-0.25, -0.2) is 0 Å². The number of unbranched alkanes of at least 4 members (excludes halogenated alkanes) is 2. The number of ether oxygens (including phenoxy) is 1. The third-order valence-corrected chi connectivity index (χ3v) is 6.52. The largest absolute Gasteiger partial charge is 0.487 e. The van der Waals surface area contributed by atoms with Crippen LogP contribution in [0, 0.1) is 6.92 Å². The third kappa shape index (κ3) is 6.89. The Kier molecular flexibility index (Phi) is 8.61. The van der Waals surface area contributed by atoms with Gasteiger partial charge in [0, 0.05) is 5.56 Å². The number of hydrogen-bond donors (Lipinski definition) is 0. The Balaban J connectivity index is 1.63. The van der Waals surface area contributed by atoms with Crippen molar-refractivity contribution in [3.05, 3.63) is 65.2 Å². The van der Waals surface area contributed by atoms with Crippen LogP contribution in [-0.4, -0.2) is 30.7 Å². The lowest BCUT2D eigenvalue weighted by molar-refractivity contribution is -0.940. The maximum absolute atomic E-state index is 6.37. The quantitative estimate of drug-likeness (QED) is 0.322. The lowest BCUT2D eigenvalue weighted by atomic mass is 10.0. The number of likely N-dealkylation sites (tertiary alicyclic amines) is 1. The predicted molar refractivity (Wildman–Crippen MR) is 123 cm³/mol. The molecule has 1 heterocycles. The van der Waals surface area contributed by atoms with Crippen LogP contribution in [0.15, 0.2) is 48.5 Å². The van der Waals surface area contributed by atoms with Crippen molar-refractivity contribution >= 4 is 0 Å². The SMILES string of the molecule is CCCCCc1ccc(C)c(OCC[N+]2(Cc3ccccc3)CCCCCC2)c1. The summed E-state index contributed by atoms with van der Waals surface area (Å²) in [6, 6.07) is 17.8. The second kappa shape index (κ2) is 11.4. The maximum Gasteiger partial charge on any atom is 0.137 e. The van der Waals surface area contributed by atoms with Gasteiger partial charge < -0.3 is 9.22 Å². The van der Waals surface area contributed by atoms with Gasteiger partial charge in [-0.3, -0.25) is 0 Å². The van der Waals surface area contributed by atoms with Gasteiger partial charge in [0.15, 0.2) is 0 Å². The topological polar surface area (TPSA) is 9.23 Å². The molecule has 0 spiro atoms. The highest BCUT2D eigenvalue weighted by atomic mass is 16.5. The van der Waals surface area contributed by atoms with Crippen LogP contribution in [0.25, 0.3) is 0 Å². The van der Waals surface area contributed by atoms with E-state index in [9.17, 15) is 0 Å². The van der Waals surface area contributed by atoms with Gasteiger partial charge in [0.1, 0.15) is 25.4 Å². The summed E-state index contributed by atoms with van der Waals surface area (Å²) in [7, 11) is 0. The summed E-state index contributed by atoms with van der Waals surface area (Å²) < 4.78 is 7.55. The fourth-order valence-corrected chi connectivity index (χ4v) is 4.68. The number of aryl methyl sites for hydroxylation is 2. The molecule has 158 valence electrons. The first-order valence-corrected chi connectivity index (χ1v) is 11.8. The van der Waals surface area contributed by atoms with Crippen LogP contribution in [-0.2, 0) is 13.0 Å². The molecule has 0 saturated carbocycles. The first kappa shape index (κ1) is 21.9. The molecule has 0 aliphatic carbocycles.